The van der Waals surface area contributed by atoms with E-state index in [2.05, 4.69) is 10.2 Å². The van der Waals surface area contributed by atoms with Crippen LogP contribution in [0.4, 0.5) is 0 Å². The van der Waals surface area contributed by atoms with Crippen LogP contribution in [0.2, 0.25) is 0 Å². The minimum atomic E-state index is -0.990. The second-order valence-corrected chi connectivity index (χ2v) is 9.68. The number of thioether (sulfide) groups is 1. The number of hydrogen-bond acceptors (Lipinski definition) is 10. The third kappa shape index (κ3) is 10.8. The minimum absolute atomic E-state index is 0.000114. The van der Waals surface area contributed by atoms with Crippen molar-refractivity contribution in [1.29, 1.82) is 0 Å². The maximum atomic E-state index is 13.2. The van der Waals surface area contributed by atoms with Crippen molar-refractivity contribution in [3.8, 4) is 0 Å². The van der Waals surface area contributed by atoms with Gasteiger partial charge in [-0.1, -0.05) is 49.0 Å². The van der Waals surface area contributed by atoms with Crippen molar-refractivity contribution >= 4 is 34.7 Å². The van der Waals surface area contributed by atoms with Gasteiger partial charge in [0.25, 0.3) is 5.09 Å². The zero-order valence-corrected chi connectivity index (χ0v) is 21.8. The highest BCUT2D eigenvalue weighted by atomic mass is 32.2. The first kappa shape index (κ1) is 30.0. The standard InChI is InChI=1S/C24H33N3O9S/c1-17(16-37-18(2)28)23(30)26-10-6-9-21(26)22(29)25-20(15-19-7-4-3-5-8-19)24(31)35-13-11-34-12-14-36-27(32)33/h3-5,7-8,17,20-21H,6,9-16H2,1-2H3,(H,25,29)/t17-,20-,21+/m1/s1. The number of nitrogens with zero attached hydrogens (tertiary/aromatic N) is 2. The van der Waals surface area contributed by atoms with Gasteiger partial charge in [-0.05, 0) is 18.4 Å². The van der Waals surface area contributed by atoms with Crippen LogP contribution in [0.5, 0.6) is 0 Å². The normalized spacial score (nSPS) is 16.5. The lowest BCUT2D eigenvalue weighted by Gasteiger charge is -2.28. The van der Waals surface area contributed by atoms with Crippen LogP contribution < -0.4 is 5.32 Å². The van der Waals surface area contributed by atoms with E-state index in [4.69, 9.17) is 9.47 Å². The van der Waals surface area contributed by atoms with Gasteiger partial charge in [0.2, 0.25) is 11.8 Å². The van der Waals surface area contributed by atoms with E-state index < -0.39 is 35.0 Å². The fraction of sp³-hybridized carbons (Fsp3) is 0.583. The lowest BCUT2D eigenvalue weighted by molar-refractivity contribution is -0.758. The smallest absolute Gasteiger partial charge is 0.329 e. The zero-order chi connectivity index (χ0) is 27.2. The molecule has 0 aliphatic carbocycles. The number of ether oxygens (including phenoxy) is 2. The molecule has 1 aromatic carbocycles. The highest BCUT2D eigenvalue weighted by Gasteiger charge is 2.37. The third-order valence-corrected chi connectivity index (χ3v) is 6.65. The Morgan fingerprint density at radius 2 is 1.86 bits per heavy atom. The molecular formula is C24H33N3O9S. The monoisotopic (exact) mass is 539 g/mol. The Kier molecular flexibility index (Phi) is 12.8. The molecule has 0 radical (unpaired) electrons. The molecule has 12 nitrogen and oxygen atoms in total. The van der Waals surface area contributed by atoms with E-state index >= 15 is 0 Å². The lowest BCUT2D eigenvalue weighted by Crippen LogP contribution is -2.52. The van der Waals surface area contributed by atoms with Gasteiger partial charge in [-0.25, -0.2) is 4.79 Å². The van der Waals surface area contributed by atoms with Gasteiger partial charge in [0.05, 0.1) is 13.2 Å². The first-order valence-corrected chi connectivity index (χ1v) is 13.0. The van der Waals surface area contributed by atoms with Crippen LogP contribution in [-0.2, 0) is 39.9 Å². The molecule has 1 saturated heterocycles. The zero-order valence-electron chi connectivity index (χ0n) is 21.0. The number of esters is 1. The van der Waals surface area contributed by atoms with E-state index in [0.29, 0.717) is 25.1 Å². The number of carbonyl (C=O) groups excluding carboxylic acids is 4. The SMILES string of the molecule is CC(=O)SC[C@@H](C)C(=O)N1CCC[C@H]1C(=O)N[C@H](Cc1ccccc1)C(=O)OCCOCCO[N+](=O)[O-]. The first-order valence-electron chi connectivity index (χ1n) is 12.0. The van der Waals surface area contributed by atoms with E-state index in [0.717, 1.165) is 17.3 Å². The van der Waals surface area contributed by atoms with Crippen molar-refractivity contribution in [2.75, 3.05) is 38.7 Å². The maximum absolute atomic E-state index is 13.2. The van der Waals surface area contributed by atoms with Crippen LogP contribution in [0.3, 0.4) is 0 Å². The summed E-state index contributed by atoms with van der Waals surface area (Å²) < 4.78 is 10.4. The Morgan fingerprint density at radius 3 is 2.54 bits per heavy atom. The Labute approximate surface area is 219 Å². The van der Waals surface area contributed by atoms with Crippen LogP contribution in [-0.4, -0.2) is 83.7 Å². The Morgan fingerprint density at radius 1 is 1.16 bits per heavy atom. The Hall–Kier alpha value is -3.19. The van der Waals surface area contributed by atoms with Crippen LogP contribution in [0.25, 0.3) is 0 Å². The molecule has 0 spiro atoms. The fourth-order valence-electron chi connectivity index (χ4n) is 3.79. The van der Waals surface area contributed by atoms with Gasteiger partial charge in [0.1, 0.15) is 25.3 Å². The van der Waals surface area contributed by atoms with Gasteiger partial charge in [-0.15, -0.1) is 10.1 Å². The Balaban J connectivity index is 1.97. The van der Waals surface area contributed by atoms with Crippen LogP contribution in [0, 0.1) is 16.0 Å². The molecule has 1 aliphatic heterocycles. The molecule has 0 bridgehead atoms. The summed E-state index contributed by atoms with van der Waals surface area (Å²) in [5.41, 5.74) is 0.812. The van der Waals surface area contributed by atoms with Crippen molar-refractivity contribution in [2.45, 2.75) is 45.2 Å². The highest BCUT2D eigenvalue weighted by molar-refractivity contribution is 8.13. The molecule has 37 heavy (non-hydrogen) atoms. The van der Waals surface area contributed by atoms with Gasteiger partial charge in [0.15, 0.2) is 5.12 Å². The molecular weight excluding hydrogens is 506 g/mol. The molecule has 2 rings (SSSR count). The molecule has 1 heterocycles. The van der Waals surface area contributed by atoms with Crippen LogP contribution >= 0.6 is 11.8 Å². The van der Waals surface area contributed by atoms with Crippen LogP contribution in [0.1, 0.15) is 32.3 Å². The molecule has 0 saturated carbocycles. The maximum Gasteiger partial charge on any atom is 0.329 e. The molecule has 204 valence electrons. The summed E-state index contributed by atoms with van der Waals surface area (Å²) >= 11 is 1.07. The van der Waals surface area contributed by atoms with Crippen molar-refractivity contribution in [3.63, 3.8) is 0 Å². The van der Waals surface area contributed by atoms with Gasteiger partial charge in [-0.3, -0.25) is 14.4 Å². The lowest BCUT2D eigenvalue weighted by atomic mass is 10.0. The largest absolute Gasteiger partial charge is 0.462 e. The number of carbonyl (C=O) groups is 4. The molecule has 3 atom stereocenters. The molecule has 2 amide bonds. The molecule has 1 aromatic rings. The molecule has 1 aliphatic rings. The summed E-state index contributed by atoms with van der Waals surface area (Å²) in [7, 11) is 0. The van der Waals surface area contributed by atoms with Crippen molar-refractivity contribution in [2.24, 2.45) is 5.92 Å². The fourth-order valence-corrected chi connectivity index (χ4v) is 4.41. The average Bonchev–Trinajstić information content (AvgIpc) is 3.36. The van der Waals surface area contributed by atoms with Gasteiger partial charge < -0.3 is 24.5 Å². The number of amides is 2. The van der Waals surface area contributed by atoms with Crippen molar-refractivity contribution in [3.05, 3.63) is 46.0 Å². The summed E-state index contributed by atoms with van der Waals surface area (Å²) in [5.74, 6) is -1.40. The second-order valence-electron chi connectivity index (χ2n) is 8.48. The number of nitrogens with one attached hydrogen (secondary N) is 1. The number of benzene rings is 1. The summed E-state index contributed by atoms with van der Waals surface area (Å²) in [6.45, 7) is 3.20. The minimum Gasteiger partial charge on any atom is -0.462 e. The average molecular weight is 540 g/mol. The van der Waals surface area contributed by atoms with Gasteiger partial charge in [0, 0.05) is 31.6 Å². The van der Waals surface area contributed by atoms with Gasteiger partial charge >= 0.3 is 5.97 Å². The van der Waals surface area contributed by atoms with Gasteiger partial charge in [-0.2, -0.15) is 0 Å². The molecule has 1 fully saturated rings. The number of hydrogen-bond donors (Lipinski definition) is 1. The predicted octanol–water partition coefficient (Wildman–Crippen LogP) is 1.39. The second kappa shape index (κ2) is 15.8. The molecule has 1 N–H and O–H groups in total. The molecule has 0 unspecified atom stereocenters. The predicted molar refractivity (Wildman–Crippen MR) is 134 cm³/mol. The number of likely N-dealkylation sites (tertiary alicyclic amines) is 1. The third-order valence-electron chi connectivity index (χ3n) is 5.58. The highest BCUT2D eigenvalue weighted by Crippen LogP contribution is 2.22. The van der Waals surface area contributed by atoms with E-state index in [1.165, 1.54) is 11.8 Å². The van der Waals surface area contributed by atoms with E-state index in [-0.39, 0.29) is 43.9 Å². The van der Waals surface area contributed by atoms with E-state index in [1.807, 2.05) is 30.3 Å². The molecule has 0 aromatic heterocycles. The van der Waals surface area contributed by atoms with E-state index in [1.54, 1.807) is 6.92 Å². The summed E-state index contributed by atoms with van der Waals surface area (Å²) in [6, 6.07) is 7.42. The van der Waals surface area contributed by atoms with Crippen LogP contribution in [0.15, 0.2) is 30.3 Å². The van der Waals surface area contributed by atoms with E-state index in [9.17, 15) is 29.3 Å². The molecule has 13 heteroatoms. The van der Waals surface area contributed by atoms with Crippen molar-refractivity contribution < 1.29 is 38.6 Å². The van der Waals surface area contributed by atoms with Crippen molar-refractivity contribution in [1.82, 2.24) is 10.2 Å². The summed E-state index contributed by atoms with van der Waals surface area (Å²) in [5, 5.41) is 11.9. The quantitative estimate of drug-likeness (QED) is 0.150. The first-order chi connectivity index (χ1) is 17.7. The summed E-state index contributed by atoms with van der Waals surface area (Å²) in [4.78, 5) is 66.0. The topological polar surface area (TPSA) is 154 Å². The summed E-state index contributed by atoms with van der Waals surface area (Å²) in [6.07, 6.45) is 1.31. The Bertz CT molecular complexity index is 931. The number of rotatable bonds is 15.